The van der Waals surface area contributed by atoms with Gasteiger partial charge in [0.25, 0.3) is 0 Å². The van der Waals surface area contributed by atoms with Gasteiger partial charge in [-0.2, -0.15) is 0 Å². The highest BCUT2D eigenvalue weighted by Gasteiger charge is 2.46. The van der Waals surface area contributed by atoms with Gasteiger partial charge in [-0.05, 0) is 24.7 Å². The van der Waals surface area contributed by atoms with E-state index in [1.807, 2.05) is 0 Å². The van der Waals surface area contributed by atoms with Crippen LogP contribution in [0.15, 0.2) is 0 Å². The summed E-state index contributed by atoms with van der Waals surface area (Å²) in [4.78, 5) is 0. The lowest BCUT2D eigenvalue weighted by molar-refractivity contribution is 0.108. The molecule has 64 valence electrons. The van der Waals surface area contributed by atoms with Crippen LogP contribution in [0, 0.1) is 11.8 Å². The number of hydrogen-bond donors (Lipinski definition) is 0. The third-order valence-corrected chi connectivity index (χ3v) is 3.01. The molecule has 0 aromatic heterocycles. The summed E-state index contributed by atoms with van der Waals surface area (Å²) in [5, 5.41) is 0. The van der Waals surface area contributed by atoms with Crippen molar-refractivity contribution >= 4 is 0 Å². The summed E-state index contributed by atoms with van der Waals surface area (Å²) in [6.45, 7) is 3.22. The molecule has 0 N–H and O–H groups in total. The minimum absolute atomic E-state index is 0.589. The zero-order valence-corrected chi connectivity index (χ0v) is 7.25. The first kappa shape index (κ1) is 7.56. The van der Waals surface area contributed by atoms with Gasteiger partial charge in [-0.1, -0.05) is 6.92 Å². The molecule has 1 saturated heterocycles. The molecular formula is C9H16O2. The number of methoxy groups -OCH3 is 1. The second-order valence-corrected chi connectivity index (χ2v) is 3.88. The zero-order chi connectivity index (χ0) is 7.84. The van der Waals surface area contributed by atoms with Gasteiger partial charge in [0.1, 0.15) is 0 Å². The molecule has 2 fully saturated rings. The predicted octanol–water partition coefficient (Wildman–Crippen LogP) is 1.45. The predicted molar refractivity (Wildman–Crippen MR) is 42.4 cm³/mol. The van der Waals surface area contributed by atoms with Crippen LogP contribution in [0.4, 0.5) is 0 Å². The molecule has 1 saturated carbocycles. The van der Waals surface area contributed by atoms with Crippen molar-refractivity contribution in [2.24, 2.45) is 11.8 Å². The average Bonchev–Trinajstić information content (AvgIpc) is 2.67. The van der Waals surface area contributed by atoms with Crippen molar-refractivity contribution in [2.75, 3.05) is 13.7 Å². The van der Waals surface area contributed by atoms with Crippen molar-refractivity contribution in [3.63, 3.8) is 0 Å². The Morgan fingerprint density at radius 1 is 1.36 bits per heavy atom. The molecule has 0 spiro atoms. The van der Waals surface area contributed by atoms with Crippen molar-refractivity contribution in [2.45, 2.75) is 32.0 Å². The summed E-state index contributed by atoms with van der Waals surface area (Å²) in [7, 11) is 1.78. The van der Waals surface area contributed by atoms with Crippen LogP contribution >= 0.6 is 0 Å². The van der Waals surface area contributed by atoms with Gasteiger partial charge in [-0.15, -0.1) is 0 Å². The van der Waals surface area contributed by atoms with Crippen molar-refractivity contribution < 1.29 is 9.47 Å². The highest BCUT2D eigenvalue weighted by molar-refractivity contribution is 4.94. The fourth-order valence-electron chi connectivity index (χ4n) is 2.13. The quantitative estimate of drug-likeness (QED) is 0.564. The van der Waals surface area contributed by atoms with E-state index in [2.05, 4.69) is 6.92 Å². The van der Waals surface area contributed by atoms with Crippen LogP contribution in [-0.4, -0.2) is 25.9 Å². The SMILES string of the molecule is COCC1CC2OC2CC1C. The Bertz CT molecular complexity index is 146. The molecule has 0 radical (unpaired) electrons. The normalized spacial score (nSPS) is 48.5. The Hall–Kier alpha value is -0.0800. The Labute approximate surface area is 67.9 Å². The van der Waals surface area contributed by atoms with Crippen molar-refractivity contribution in [1.82, 2.24) is 0 Å². The first-order valence-electron chi connectivity index (χ1n) is 4.45. The molecule has 2 nitrogen and oxygen atoms in total. The Morgan fingerprint density at radius 3 is 2.82 bits per heavy atom. The van der Waals surface area contributed by atoms with E-state index in [1.54, 1.807) is 7.11 Å². The number of ether oxygens (including phenoxy) is 2. The van der Waals surface area contributed by atoms with E-state index in [-0.39, 0.29) is 0 Å². The van der Waals surface area contributed by atoms with Gasteiger partial charge in [-0.25, -0.2) is 0 Å². The van der Waals surface area contributed by atoms with Crippen molar-refractivity contribution in [3.05, 3.63) is 0 Å². The summed E-state index contributed by atoms with van der Waals surface area (Å²) < 4.78 is 10.6. The fourth-order valence-corrected chi connectivity index (χ4v) is 2.13. The average molecular weight is 156 g/mol. The summed E-state index contributed by atoms with van der Waals surface area (Å²) in [6, 6.07) is 0. The molecule has 4 unspecified atom stereocenters. The molecule has 1 aliphatic heterocycles. The van der Waals surface area contributed by atoms with Gasteiger partial charge in [0.05, 0.1) is 12.2 Å². The second-order valence-electron chi connectivity index (χ2n) is 3.88. The molecule has 0 bridgehead atoms. The van der Waals surface area contributed by atoms with Gasteiger partial charge < -0.3 is 9.47 Å². The van der Waals surface area contributed by atoms with Crippen LogP contribution in [0.25, 0.3) is 0 Å². The summed E-state index contributed by atoms with van der Waals surface area (Å²) in [5.74, 6) is 1.53. The maximum Gasteiger partial charge on any atom is 0.0845 e. The van der Waals surface area contributed by atoms with E-state index in [4.69, 9.17) is 9.47 Å². The largest absolute Gasteiger partial charge is 0.384 e. The summed E-state index contributed by atoms with van der Waals surface area (Å²) in [5.41, 5.74) is 0. The highest BCUT2D eigenvalue weighted by atomic mass is 16.6. The van der Waals surface area contributed by atoms with Crippen LogP contribution in [-0.2, 0) is 9.47 Å². The maximum atomic E-state index is 5.47. The fraction of sp³-hybridized carbons (Fsp3) is 1.00. The van der Waals surface area contributed by atoms with E-state index in [9.17, 15) is 0 Å². The molecule has 1 aliphatic carbocycles. The lowest BCUT2D eigenvalue weighted by atomic mass is 9.81. The third kappa shape index (κ3) is 1.42. The Morgan fingerprint density at radius 2 is 2.09 bits per heavy atom. The van der Waals surface area contributed by atoms with E-state index in [0.717, 1.165) is 18.4 Å². The molecule has 0 amide bonds. The van der Waals surface area contributed by atoms with Gasteiger partial charge >= 0.3 is 0 Å². The maximum absolute atomic E-state index is 5.47. The first-order valence-corrected chi connectivity index (χ1v) is 4.45. The number of hydrogen-bond acceptors (Lipinski definition) is 2. The minimum atomic E-state index is 0.589. The van der Waals surface area contributed by atoms with Crippen molar-refractivity contribution in [1.29, 1.82) is 0 Å². The lowest BCUT2D eigenvalue weighted by Gasteiger charge is -2.25. The van der Waals surface area contributed by atoms with Gasteiger partial charge in [0.15, 0.2) is 0 Å². The van der Waals surface area contributed by atoms with Gasteiger partial charge in [-0.3, -0.25) is 0 Å². The van der Waals surface area contributed by atoms with Gasteiger partial charge in [0, 0.05) is 13.7 Å². The topological polar surface area (TPSA) is 21.8 Å². The standard InChI is InChI=1S/C9H16O2/c1-6-3-8-9(11-8)4-7(6)5-10-2/h6-9H,3-5H2,1-2H3. The molecule has 4 atom stereocenters. The molecule has 0 aromatic rings. The zero-order valence-electron chi connectivity index (χ0n) is 7.25. The van der Waals surface area contributed by atoms with E-state index in [0.29, 0.717) is 12.2 Å². The smallest absolute Gasteiger partial charge is 0.0845 e. The van der Waals surface area contributed by atoms with Crippen LogP contribution in [0.5, 0.6) is 0 Å². The Balaban J connectivity index is 1.87. The number of rotatable bonds is 2. The lowest BCUT2D eigenvalue weighted by Crippen LogP contribution is -2.25. The van der Waals surface area contributed by atoms with Crippen LogP contribution in [0.3, 0.4) is 0 Å². The minimum Gasteiger partial charge on any atom is -0.384 e. The molecule has 2 heteroatoms. The van der Waals surface area contributed by atoms with E-state index >= 15 is 0 Å². The number of epoxide rings is 1. The molecule has 2 rings (SSSR count). The van der Waals surface area contributed by atoms with Crippen LogP contribution in [0.2, 0.25) is 0 Å². The van der Waals surface area contributed by atoms with E-state index < -0.39 is 0 Å². The Kier molecular flexibility index (Phi) is 1.90. The number of fused-ring (bicyclic) bond motifs is 1. The molecule has 0 aromatic carbocycles. The van der Waals surface area contributed by atoms with Crippen LogP contribution < -0.4 is 0 Å². The molecule has 1 heterocycles. The summed E-state index contributed by atoms with van der Waals surface area (Å²) in [6.07, 6.45) is 3.67. The van der Waals surface area contributed by atoms with Crippen LogP contribution in [0.1, 0.15) is 19.8 Å². The van der Waals surface area contributed by atoms with Gasteiger partial charge in [0.2, 0.25) is 0 Å². The van der Waals surface area contributed by atoms with E-state index in [1.165, 1.54) is 12.8 Å². The second kappa shape index (κ2) is 2.76. The highest BCUT2D eigenvalue weighted by Crippen LogP contribution is 2.42. The third-order valence-electron chi connectivity index (χ3n) is 3.01. The molecule has 11 heavy (non-hydrogen) atoms. The molecule has 2 aliphatic rings. The summed E-state index contributed by atoms with van der Waals surface area (Å²) >= 11 is 0. The first-order chi connectivity index (χ1) is 5.31. The molecular weight excluding hydrogens is 140 g/mol. The monoisotopic (exact) mass is 156 g/mol. The van der Waals surface area contributed by atoms with Crippen molar-refractivity contribution in [3.8, 4) is 0 Å².